The molecule has 0 aliphatic carbocycles. The molecule has 0 saturated carbocycles. The normalized spacial score (nSPS) is 11.0. The van der Waals surface area contributed by atoms with Crippen LogP contribution in [0.2, 0.25) is 5.02 Å². The van der Waals surface area contributed by atoms with Crippen LogP contribution < -0.4 is 10.1 Å². The van der Waals surface area contributed by atoms with Crippen LogP contribution in [0.4, 0.5) is 5.69 Å². The maximum atomic E-state index is 12.5. The van der Waals surface area contributed by atoms with Crippen LogP contribution in [0.1, 0.15) is 23.6 Å². The number of hydrogen-bond donors (Lipinski definition) is 1. The number of nitrogens with one attached hydrogen (secondary N) is 1. The summed E-state index contributed by atoms with van der Waals surface area (Å²) in [6.07, 6.45) is 2.47. The lowest BCUT2D eigenvalue weighted by Gasteiger charge is -2.09. The summed E-state index contributed by atoms with van der Waals surface area (Å²) in [5.41, 5.74) is 3.54. The molecule has 0 fully saturated rings. The Labute approximate surface area is 195 Å². The number of anilines is 1. The second kappa shape index (κ2) is 10.8. The van der Waals surface area contributed by atoms with Crippen molar-refractivity contribution < 1.29 is 9.53 Å². The summed E-state index contributed by atoms with van der Waals surface area (Å²) in [6, 6.07) is 22.4. The fourth-order valence-electron chi connectivity index (χ4n) is 2.80. The second-order valence-electron chi connectivity index (χ2n) is 6.78. The minimum absolute atomic E-state index is 0.0151. The molecule has 1 amide bonds. The summed E-state index contributed by atoms with van der Waals surface area (Å²) < 4.78 is 6.56. The predicted octanol–water partition coefficient (Wildman–Crippen LogP) is 6.79. The van der Waals surface area contributed by atoms with Crippen LogP contribution in [0, 0.1) is 11.3 Å². The average Bonchev–Trinajstić information content (AvgIpc) is 2.78. The van der Waals surface area contributed by atoms with E-state index in [1.807, 2.05) is 54.6 Å². The largest absolute Gasteiger partial charge is 0.488 e. The Hall–Kier alpha value is -3.07. The molecule has 31 heavy (non-hydrogen) atoms. The molecule has 3 rings (SSSR count). The molecule has 0 atom stereocenters. The number of nitriles is 1. The first kappa shape index (κ1) is 22.6. The Morgan fingerprint density at radius 1 is 1.10 bits per heavy atom. The summed E-state index contributed by atoms with van der Waals surface area (Å²) >= 11 is 9.39. The number of halogens is 2. The van der Waals surface area contributed by atoms with Crippen LogP contribution in [-0.4, -0.2) is 5.91 Å². The first-order chi connectivity index (χ1) is 15.0. The van der Waals surface area contributed by atoms with Crippen LogP contribution in [-0.2, 0) is 17.8 Å². The summed E-state index contributed by atoms with van der Waals surface area (Å²) in [7, 11) is 0. The van der Waals surface area contributed by atoms with Crippen LogP contribution in [0.15, 0.2) is 76.8 Å². The van der Waals surface area contributed by atoms with E-state index >= 15 is 0 Å². The highest BCUT2D eigenvalue weighted by Gasteiger charge is 2.11. The molecule has 1 N–H and O–H groups in total. The number of ether oxygens (including phenoxy) is 1. The lowest BCUT2D eigenvalue weighted by atomic mass is 10.1. The van der Waals surface area contributed by atoms with Crippen molar-refractivity contribution in [1.82, 2.24) is 0 Å². The van der Waals surface area contributed by atoms with Gasteiger partial charge in [0.05, 0.1) is 4.47 Å². The van der Waals surface area contributed by atoms with E-state index in [2.05, 4.69) is 28.2 Å². The molecule has 0 aliphatic rings. The number of nitrogens with zero attached hydrogens (tertiary/aromatic N) is 1. The smallest absolute Gasteiger partial charge is 0.266 e. The number of hydrogen-bond acceptors (Lipinski definition) is 3. The molecule has 0 radical (unpaired) electrons. The summed E-state index contributed by atoms with van der Waals surface area (Å²) in [4.78, 5) is 12.5. The molecule has 0 aromatic heterocycles. The van der Waals surface area contributed by atoms with Crippen LogP contribution >= 0.6 is 27.5 Å². The molecular weight excluding hydrogens is 476 g/mol. The maximum absolute atomic E-state index is 12.5. The Morgan fingerprint density at radius 2 is 1.77 bits per heavy atom. The topological polar surface area (TPSA) is 62.1 Å². The first-order valence-corrected chi connectivity index (χ1v) is 10.8. The van der Waals surface area contributed by atoms with Gasteiger partial charge in [-0.15, -0.1) is 0 Å². The van der Waals surface area contributed by atoms with Crippen molar-refractivity contribution >= 4 is 45.2 Å². The van der Waals surface area contributed by atoms with Gasteiger partial charge in [0.1, 0.15) is 24.0 Å². The molecular formula is C25H20BrClN2O2. The van der Waals surface area contributed by atoms with Gasteiger partial charge in [0, 0.05) is 10.7 Å². The Bertz CT molecular complexity index is 1130. The molecule has 0 heterocycles. The summed E-state index contributed by atoms with van der Waals surface area (Å²) in [6.45, 7) is 2.46. The quantitative estimate of drug-likeness (QED) is 0.290. The van der Waals surface area contributed by atoms with Crippen molar-refractivity contribution in [2.24, 2.45) is 0 Å². The van der Waals surface area contributed by atoms with Gasteiger partial charge in [-0.1, -0.05) is 48.9 Å². The zero-order valence-electron chi connectivity index (χ0n) is 16.9. The monoisotopic (exact) mass is 494 g/mol. The third-order valence-electron chi connectivity index (χ3n) is 4.56. The minimum Gasteiger partial charge on any atom is -0.488 e. The molecule has 0 spiro atoms. The van der Waals surface area contributed by atoms with Crippen LogP contribution in [0.5, 0.6) is 5.75 Å². The van der Waals surface area contributed by atoms with Crippen LogP contribution in [0.3, 0.4) is 0 Å². The zero-order chi connectivity index (χ0) is 22.2. The van der Waals surface area contributed by atoms with Gasteiger partial charge in [0.15, 0.2) is 0 Å². The van der Waals surface area contributed by atoms with E-state index in [1.54, 1.807) is 24.3 Å². The number of carbonyl (C=O) groups excluding carboxylic acids is 1. The van der Waals surface area contributed by atoms with Crippen molar-refractivity contribution in [3.05, 3.63) is 98.5 Å². The molecule has 0 unspecified atom stereocenters. The lowest BCUT2D eigenvalue weighted by Crippen LogP contribution is -2.13. The van der Waals surface area contributed by atoms with Gasteiger partial charge < -0.3 is 10.1 Å². The van der Waals surface area contributed by atoms with Crippen molar-refractivity contribution in [1.29, 1.82) is 5.26 Å². The number of aryl methyl sites for hydroxylation is 1. The first-order valence-electron chi connectivity index (χ1n) is 9.67. The van der Waals surface area contributed by atoms with Crippen molar-refractivity contribution in [2.75, 3.05) is 5.32 Å². The van der Waals surface area contributed by atoms with Gasteiger partial charge >= 0.3 is 0 Å². The molecule has 0 saturated heterocycles. The highest BCUT2D eigenvalue weighted by molar-refractivity contribution is 9.10. The van der Waals surface area contributed by atoms with Gasteiger partial charge in [0.2, 0.25) is 0 Å². The predicted molar refractivity (Wildman–Crippen MR) is 128 cm³/mol. The standard InChI is InChI=1S/C25H20BrClN2O2/c1-2-17-5-10-22(11-6-17)29-25(30)20(15-28)13-19-7-12-24(23(26)14-19)31-16-18-3-8-21(27)9-4-18/h3-14H,2,16H2,1H3,(H,29,30)/b20-13+. The fourth-order valence-corrected chi connectivity index (χ4v) is 3.44. The van der Waals surface area contributed by atoms with E-state index < -0.39 is 5.91 Å². The highest BCUT2D eigenvalue weighted by atomic mass is 79.9. The molecule has 0 bridgehead atoms. The van der Waals surface area contributed by atoms with E-state index in [0.717, 1.165) is 16.5 Å². The molecule has 6 heteroatoms. The molecule has 156 valence electrons. The van der Waals surface area contributed by atoms with E-state index in [4.69, 9.17) is 16.3 Å². The lowest BCUT2D eigenvalue weighted by molar-refractivity contribution is -0.112. The number of carbonyl (C=O) groups is 1. The van der Waals surface area contributed by atoms with Gasteiger partial charge in [-0.25, -0.2) is 0 Å². The zero-order valence-corrected chi connectivity index (χ0v) is 19.2. The molecule has 0 aliphatic heterocycles. The van der Waals surface area contributed by atoms with Gasteiger partial charge in [-0.3, -0.25) is 4.79 Å². The summed E-state index contributed by atoms with van der Waals surface area (Å²) in [5, 5.41) is 12.9. The summed E-state index contributed by atoms with van der Waals surface area (Å²) in [5.74, 6) is 0.206. The van der Waals surface area contributed by atoms with Crippen molar-refractivity contribution in [2.45, 2.75) is 20.0 Å². The Morgan fingerprint density at radius 3 is 2.39 bits per heavy atom. The van der Waals surface area contributed by atoms with E-state index in [0.29, 0.717) is 28.6 Å². The van der Waals surface area contributed by atoms with Gasteiger partial charge in [0.25, 0.3) is 5.91 Å². The highest BCUT2D eigenvalue weighted by Crippen LogP contribution is 2.28. The van der Waals surface area contributed by atoms with Crippen molar-refractivity contribution in [3.63, 3.8) is 0 Å². The van der Waals surface area contributed by atoms with Crippen LogP contribution in [0.25, 0.3) is 6.08 Å². The van der Waals surface area contributed by atoms with E-state index in [-0.39, 0.29) is 5.57 Å². The van der Waals surface area contributed by atoms with Gasteiger partial charge in [-0.05, 0) is 81.5 Å². The third-order valence-corrected chi connectivity index (χ3v) is 5.43. The molecule has 4 nitrogen and oxygen atoms in total. The number of benzene rings is 3. The molecule has 3 aromatic carbocycles. The van der Waals surface area contributed by atoms with E-state index in [9.17, 15) is 10.1 Å². The molecule has 3 aromatic rings. The average molecular weight is 496 g/mol. The van der Waals surface area contributed by atoms with E-state index in [1.165, 1.54) is 5.56 Å². The number of rotatable bonds is 7. The van der Waals surface area contributed by atoms with Crippen molar-refractivity contribution in [3.8, 4) is 11.8 Å². The number of amides is 1. The SMILES string of the molecule is CCc1ccc(NC(=O)/C(C#N)=C/c2ccc(OCc3ccc(Cl)cc3)c(Br)c2)cc1. The minimum atomic E-state index is -0.453. The Kier molecular flexibility index (Phi) is 7.88. The van der Waals surface area contributed by atoms with Gasteiger partial charge in [-0.2, -0.15) is 5.26 Å². The second-order valence-corrected chi connectivity index (χ2v) is 8.07. The third kappa shape index (κ3) is 6.45. The fraction of sp³-hybridized carbons (Fsp3) is 0.120. The Balaban J connectivity index is 1.68. The maximum Gasteiger partial charge on any atom is 0.266 e.